The first-order valence-corrected chi connectivity index (χ1v) is 4.65. The Kier molecular flexibility index (Phi) is 3.45. The third-order valence-electron chi connectivity index (χ3n) is 1.46. The van der Waals surface area contributed by atoms with E-state index < -0.39 is 5.57 Å². The van der Waals surface area contributed by atoms with Gasteiger partial charge in [0.25, 0.3) is 0 Å². The molecule has 0 aromatic heterocycles. The fourth-order valence-corrected chi connectivity index (χ4v) is 1.37. The van der Waals surface area contributed by atoms with Crippen LogP contribution in [-0.4, -0.2) is 5.57 Å². The summed E-state index contributed by atoms with van der Waals surface area (Å²) in [7, 11) is 0. The first kappa shape index (κ1) is 11.8. The van der Waals surface area contributed by atoms with Crippen molar-refractivity contribution in [2.75, 3.05) is 0 Å². The molecular formula is C8H5Cl3F2O. The summed E-state index contributed by atoms with van der Waals surface area (Å²) in [4.78, 5) is 0. The van der Waals surface area contributed by atoms with Crippen molar-refractivity contribution >= 4 is 34.8 Å². The fraction of sp³-hybridized carbons (Fsp3) is 0.250. The molecule has 1 aromatic rings. The number of aryl methyl sites for hydroxylation is 1. The number of benzene rings is 1. The van der Waals surface area contributed by atoms with Crippen LogP contribution in [0.3, 0.4) is 0 Å². The molecule has 0 amide bonds. The Morgan fingerprint density at radius 1 is 1.29 bits per heavy atom. The molecule has 0 unspecified atom stereocenters. The van der Waals surface area contributed by atoms with Crippen LogP contribution in [0.4, 0.5) is 8.78 Å². The van der Waals surface area contributed by atoms with Gasteiger partial charge in [-0.05, 0) is 18.6 Å². The lowest BCUT2D eigenvalue weighted by atomic mass is 10.2. The third-order valence-corrected chi connectivity index (χ3v) is 2.30. The van der Waals surface area contributed by atoms with Gasteiger partial charge in [-0.3, -0.25) is 0 Å². The summed E-state index contributed by atoms with van der Waals surface area (Å²) < 4.78 is 28.8. The standard InChI is InChI=1S/C8H5Cl3F2O/c1-4-2-3-5(9)7(6(4)10)14-8(11,12)13/h2-3H,1H3. The Morgan fingerprint density at radius 2 is 1.86 bits per heavy atom. The van der Waals surface area contributed by atoms with Crippen molar-refractivity contribution in [2.24, 2.45) is 0 Å². The lowest BCUT2D eigenvalue weighted by Gasteiger charge is -2.14. The van der Waals surface area contributed by atoms with Crippen LogP contribution in [0.15, 0.2) is 12.1 Å². The van der Waals surface area contributed by atoms with E-state index in [1.54, 1.807) is 13.0 Å². The number of hydrogen-bond acceptors (Lipinski definition) is 1. The van der Waals surface area contributed by atoms with Gasteiger partial charge in [0.1, 0.15) is 0 Å². The number of alkyl halides is 3. The van der Waals surface area contributed by atoms with E-state index in [2.05, 4.69) is 16.3 Å². The lowest BCUT2D eigenvalue weighted by Crippen LogP contribution is -2.16. The second-order valence-corrected chi connectivity index (χ2v) is 3.78. The van der Waals surface area contributed by atoms with E-state index in [0.717, 1.165) is 0 Å². The number of rotatable bonds is 2. The molecule has 1 aromatic carbocycles. The van der Waals surface area contributed by atoms with Crippen LogP contribution in [-0.2, 0) is 0 Å². The molecule has 0 bridgehead atoms. The predicted molar refractivity (Wildman–Crippen MR) is 52.6 cm³/mol. The highest BCUT2D eigenvalue weighted by atomic mass is 35.5. The van der Waals surface area contributed by atoms with Gasteiger partial charge in [0.2, 0.25) is 0 Å². The van der Waals surface area contributed by atoms with E-state index in [-0.39, 0.29) is 15.8 Å². The monoisotopic (exact) mass is 260 g/mol. The molecule has 14 heavy (non-hydrogen) atoms. The van der Waals surface area contributed by atoms with E-state index in [0.29, 0.717) is 5.56 Å². The molecule has 0 radical (unpaired) electrons. The Morgan fingerprint density at radius 3 is 2.36 bits per heavy atom. The van der Waals surface area contributed by atoms with Crippen LogP contribution in [0.1, 0.15) is 5.56 Å². The molecule has 0 fully saturated rings. The smallest absolute Gasteiger partial charge is 0.417 e. The minimum atomic E-state index is -3.82. The van der Waals surface area contributed by atoms with Gasteiger partial charge in [-0.2, -0.15) is 0 Å². The van der Waals surface area contributed by atoms with Crippen LogP contribution in [0, 0.1) is 6.92 Å². The van der Waals surface area contributed by atoms with E-state index in [1.165, 1.54) is 6.07 Å². The zero-order valence-corrected chi connectivity index (χ0v) is 9.22. The molecule has 0 spiro atoms. The number of halogens is 5. The highest BCUT2D eigenvalue weighted by molar-refractivity contribution is 6.37. The number of ether oxygens (including phenoxy) is 1. The summed E-state index contributed by atoms with van der Waals surface area (Å²) >= 11 is 15.9. The van der Waals surface area contributed by atoms with Crippen LogP contribution in [0.5, 0.6) is 5.75 Å². The molecule has 0 aliphatic rings. The van der Waals surface area contributed by atoms with Crippen molar-refractivity contribution in [3.8, 4) is 5.75 Å². The maximum Gasteiger partial charge on any atom is 0.487 e. The van der Waals surface area contributed by atoms with E-state index >= 15 is 0 Å². The Balaban J connectivity index is 3.13. The Bertz CT molecular complexity index is 349. The molecule has 0 atom stereocenters. The second kappa shape index (κ2) is 4.09. The molecule has 0 heterocycles. The topological polar surface area (TPSA) is 9.23 Å². The summed E-state index contributed by atoms with van der Waals surface area (Å²) in [6, 6.07) is 2.99. The van der Waals surface area contributed by atoms with Crippen LogP contribution in [0.2, 0.25) is 10.0 Å². The van der Waals surface area contributed by atoms with Crippen molar-refractivity contribution in [2.45, 2.75) is 12.5 Å². The predicted octanol–water partition coefficient (Wildman–Crippen LogP) is 4.47. The molecule has 0 saturated carbocycles. The van der Waals surface area contributed by atoms with E-state index in [1.807, 2.05) is 0 Å². The van der Waals surface area contributed by atoms with Crippen molar-refractivity contribution in [1.82, 2.24) is 0 Å². The highest BCUT2D eigenvalue weighted by Crippen LogP contribution is 2.38. The minimum absolute atomic E-state index is 0.0130. The molecule has 0 aliphatic heterocycles. The molecule has 78 valence electrons. The SMILES string of the molecule is Cc1ccc(Cl)c(OC(F)(F)Cl)c1Cl. The molecule has 1 nitrogen and oxygen atoms in total. The van der Waals surface area contributed by atoms with Gasteiger partial charge in [0, 0.05) is 11.6 Å². The second-order valence-electron chi connectivity index (χ2n) is 2.56. The Hall–Kier alpha value is -0.250. The highest BCUT2D eigenvalue weighted by Gasteiger charge is 2.30. The fourth-order valence-electron chi connectivity index (χ4n) is 0.840. The van der Waals surface area contributed by atoms with Crippen LogP contribution < -0.4 is 4.74 Å². The van der Waals surface area contributed by atoms with Gasteiger partial charge < -0.3 is 4.74 Å². The summed E-state index contributed by atoms with van der Waals surface area (Å²) in [6.45, 7) is 1.64. The van der Waals surface area contributed by atoms with Gasteiger partial charge in [0.15, 0.2) is 5.75 Å². The van der Waals surface area contributed by atoms with Crippen molar-refractivity contribution < 1.29 is 13.5 Å². The summed E-state index contributed by atoms with van der Waals surface area (Å²) in [5.74, 6) is -0.312. The molecule has 6 heteroatoms. The van der Waals surface area contributed by atoms with E-state index in [4.69, 9.17) is 23.2 Å². The zero-order chi connectivity index (χ0) is 10.9. The maximum absolute atomic E-state index is 12.3. The van der Waals surface area contributed by atoms with Crippen LogP contribution >= 0.6 is 34.8 Å². The number of hydrogen-bond donors (Lipinski definition) is 0. The summed E-state index contributed by atoms with van der Waals surface area (Å²) in [5, 5.41) is 0.0127. The normalized spacial score (nSPS) is 11.6. The lowest BCUT2D eigenvalue weighted by molar-refractivity contribution is -0.0963. The molecule has 0 N–H and O–H groups in total. The Labute approximate surface area is 94.5 Å². The molecular weight excluding hydrogens is 256 g/mol. The van der Waals surface area contributed by atoms with Gasteiger partial charge in [-0.15, -0.1) is 8.78 Å². The largest absolute Gasteiger partial charge is 0.487 e. The molecule has 0 aliphatic carbocycles. The van der Waals surface area contributed by atoms with Gasteiger partial charge in [-0.1, -0.05) is 29.3 Å². The average Bonchev–Trinajstić information content (AvgIpc) is 2.04. The van der Waals surface area contributed by atoms with Gasteiger partial charge >= 0.3 is 5.57 Å². The zero-order valence-electron chi connectivity index (χ0n) is 6.95. The van der Waals surface area contributed by atoms with Crippen LogP contribution in [0.25, 0.3) is 0 Å². The van der Waals surface area contributed by atoms with Gasteiger partial charge in [0.05, 0.1) is 10.0 Å². The maximum atomic E-state index is 12.3. The summed E-state index contributed by atoms with van der Waals surface area (Å²) in [6.07, 6.45) is 0. The third kappa shape index (κ3) is 2.87. The minimum Gasteiger partial charge on any atom is -0.417 e. The van der Waals surface area contributed by atoms with Crippen molar-refractivity contribution in [3.05, 3.63) is 27.7 Å². The first-order valence-electron chi connectivity index (χ1n) is 3.51. The average molecular weight is 261 g/mol. The quantitative estimate of drug-likeness (QED) is 0.714. The van der Waals surface area contributed by atoms with Gasteiger partial charge in [-0.25, -0.2) is 0 Å². The summed E-state index contributed by atoms with van der Waals surface area (Å²) in [5.41, 5.74) is -3.24. The molecule has 0 saturated heterocycles. The van der Waals surface area contributed by atoms with Crippen molar-refractivity contribution in [3.63, 3.8) is 0 Å². The van der Waals surface area contributed by atoms with Crippen molar-refractivity contribution in [1.29, 1.82) is 0 Å². The first-order chi connectivity index (χ1) is 6.31. The molecule has 1 rings (SSSR count). The van der Waals surface area contributed by atoms with E-state index in [9.17, 15) is 8.78 Å².